The number of imidazole rings is 1. The minimum Gasteiger partial charge on any atom is -0.438 e. The van der Waals surface area contributed by atoms with Gasteiger partial charge in [0.1, 0.15) is 23.0 Å². The highest BCUT2D eigenvalue weighted by molar-refractivity contribution is 5.91. The Bertz CT molecular complexity index is 1650. The molecule has 0 aliphatic rings. The third kappa shape index (κ3) is 3.54. The minimum absolute atomic E-state index is 0.131. The first-order chi connectivity index (χ1) is 16.1. The first-order valence-electron chi connectivity index (χ1n) is 10.4. The molecular weight excluding hydrogens is 414 g/mol. The van der Waals surface area contributed by atoms with Crippen molar-refractivity contribution in [1.82, 2.24) is 18.9 Å². The molecule has 0 unspecified atom stereocenters. The van der Waals surface area contributed by atoms with E-state index in [-0.39, 0.29) is 22.6 Å². The Morgan fingerprint density at radius 1 is 1.03 bits per heavy atom. The second-order valence-corrected chi connectivity index (χ2v) is 7.59. The van der Waals surface area contributed by atoms with E-state index in [2.05, 4.69) is 16.0 Å². The number of allylic oxidation sites excluding steroid dienone is 1. The van der Waals surface area contributed by atoms with Crippen LogP contribution in [0, 0.1) is 18.3 Å². The summed E-state index contributed by atoms with van der Waals surface area (Å²) in [5.74, 6) is 1.17. The lowest BCUT2D eigenvalue weighted by Gasteiger charge is -2.12. The summed E-state index contributed by atoms with van der Waals surface area (Å²) < 4.78 is 9.36. The molecule has 0 saturated heterocycles. The number of nitriles is 1. The van der Waals surface area contributed by atoms with Crippen molar-refractivity contribution in [1.29, 1.82) is 5.26 Å². The SMILES string of the molecule is Cc1ccccc1Oc1nc2ccccn2c(=O)c1/C=C(\C#N)c1nc2ccccc2n1C. The minimum atomic E-state index is -0.337. The molecule has 5 aromatic rings. The Kier molecular flexibility index (Phi) is 4.96. The van der Waals surface area contributed by atoms with Crippen LogP contribution in [0.25, 0.3) is 28.3 Å². The van der Waals surface area contributed by atoms with Crippen LogP contribution in [0.2, 0.25) is 0 Å². The summed E-state index contributed by atoms with van der Waals surface area (Å²) >= 11 is 0. The van der Waals surface area contributed by atoms with Gasteiger partial charge in [-0.05, 0) is 48.9 Å². The third-order valence-electron chi connectivity index (χ3n) is 5.47. The van der Waals surface area contributed by atoms with E-state index in [9.17, 15) is 10.1 Å². The van der Waals surface area contributed by atoms with Crippen LogP contribution in [-0.2, 0) is 7.05 Å². The van der Waals surface area contributed by atoms with E-state index in [1.807, 2.05) is 67.1 Å². The predicted molar refractivity (Wildman–Crippen MR) is 127 cm³/mol. The molecule has 160 valence electrons. The molecule has 33 heavy (non-hydrogen) atoms. The molecule has 0 atom stereocenters. The molecule has 0 bridgehead atoms. The second kappa shape index (κ2) is 8.09. The standard InChI is InChI=1S/C26H19N5O2/c1-17-9-3-6-12-22(17)33-25-19(26(32)31-14-8-7-13-23(31)29-25)15-18(16-27)24-28-20-10-4-5-11-21(20)30(24)2/h3-15H,1-2H3/b18-15+. The Hall–Kier alpha value is -4.70. The van der Waals surface area contributed by atoms with Gasteiger partial charge in [-0.3, -0.25) is 9.20 Å². The van der Waals surface area contributed by atoms with Gasteiger partial charge in [0, 0.05) is 13.2 Å². The van der Waals surface area contributed by atoms with Crippen LogP contribution in [0.15, 0.2) is 77.7 Å². The monoisotopic (exact) mass is 433 g/mol. The normalized spacial score (nSPS) is 11.6. The zero-order valence-electron chi connectivity index (χ0n) is 18.1. The fraction of sp³-hybridized carbons (Fsp3) is 0.0769. The molecule has 0 aliphatic carbocycles. The van der Waals surface area contributed by atoms with Gasteiger partial charge in [0.05, 0.1) is 16.6 Å². The van der Waals surface area contributed by atoms with Crippen molar-refractivity contribution in [2.75, 3.05) is 0 Å². The highest BCUT2D eigenvalue weighted by Crippen LogP contribution is 2.28. The van der Waals surface area contributed by atoms with Gasteiger partial charge in [0.15, 0.2) is 5.82 Å². The first kappa shape index (κ1) is 20.2. The number of hydrogen-bond acceptors (Lipinski definition) is 5. The summed E-state index contributed by atoms with van der Waals surface area (Å²) in [5, 5.41) is 9.98. The van der Waals surface area contributed by atoms with E-state index < -0.39 is 0 Å². The lowest BCUT2D eigenvalue weighted by atomic mass is 10.1. The van der Waals surface area contributed by atoms with Gasteiger partial charge in [-0.25, -0.2) is 4.98 Å². The first-order valence-corrected chi connectivity index (χ1v) is 10.4. The van der Waals surface area contributed by atoms with Crippen molar-refractivity contribution in [2.45, 2.75) is 6.92 Å². The van der Waals surface area contributed by atoms with E-state index in [0.717, 1.165) is 16.6 Å². The smallest absolute Gasteiger partial charge is 0.269 e. The van der Waals surface area contributed by atoms with Crippen LogP contribution in [0.1, 0.15) is 17.0 Å². The largest absolute Gasteiger partial charge is 0.438 e. The molecule has 5 rings (SSSR count). The number of ether oxygens (including phenoxy) is 1. The summed E-state index contributed by atoms with van der Waals surface area (Å²) in [6, 6.07) is 22.6. The Balaban J connectivity index is 1.75. The summed E-state index contributed by atoms with van der Waals surface area (Å²) in [4.78, 5) is 22.6. The van der Waals surface area contributed by atoms with Gasteiger partial charge in [0.25, 0.3) is 5.56 Å². The van der Waals surface area contributed by atoms with Crippen molar-refractivity contribution >= 4 is 28.3 Å². The van der Waals surface area contributed by atoms with E-state index in [1.54, 1.807) is 24.4 Å². The van der Waals surface area contributed by atoms with Crippen molar-refractivity contribution in [3.05, 3.63) is 100 Å². The quantitative estimate of drug-likeness (QED) is 0.382. The van der Waals surface area contributed by atoms with Gasteiger partial charge in [-0.2, -0.15) is 10.2 Å². The lowest BCUT2D eigenvalue weighted by molar-refractivity contribution is 0.457. The number of fused-ring (bicyclic) bond motifs is 2. The Morgan fingerprint density at radius 3 is 2.58 bits per heavy atom. The van der Waals surface area contributed by atoms with Crippen LogP contribution in [-0.4, -0.2) is 18.9 Å². The topological polar surface area (TPSA) is 85.2 Å². The fourth-order valence-electron chi connectivity index (χ4n) is 3.74. The number of hydrogen-bond donors (Lipinski definition) is 0. The summed E-state index contributed by atoms with van der Waals surface area (Å²) in [6.45, 7) is 1.92. The Labute approximate surface area is 189 Å². The molecule has 0 fully saturated rings. The molecule has 0 spiro atoms. The molecule has 0 radical (unpaired) electrons. The zero-order chi connectivity index (χ0) is 22.9. The molecule has 0 saturated carbocycles. The molecule has 7 heteroatoms. The van der Waals surface area contributed by atoms with Gasteiger partial charge in [-0.15, -0.1) is 0 Å². The van der Waals surface area contributed by atoms with Crippen molar-refractivity contribution in [3.63, 3.8) is 0 Å². The molecule has 0 amide bonds. The van der Waals surface area contributed by atoms with E-state index in [4.69, 9.17) is 4.74 Å². The maximum Gasteiger partial charge on any atom is 0.269 e. The molecular formula is C26H19N5O2. The molecule has 3 heterocycles. The van der Waals surface area contributed by atoms with E-state index in [1.165, 1.54) is 10.5 Å². The average Bonchev–Trinajstić information content (AvgIpc) is 3.17. The average molecular weight is 433 g/mol. The van der Waals surface area contributed by atoms with Gasteiger partial charge < -0.3 is 9.30 Å². The second-order valence-electron chi connectivity index (χ2n) is 7.59. The predicted octanol–water partition coefficient (Wildman–Crippen LogP) is 4.75. The van der Waals surface area contributed by atoms with Crippen molar-refractivity contribution in [2.24, 2.45) is 7.05 Å². The molecule has 0 aliphatic heterocycles. The fourth-order valence-corrected chi connectivity index (χ4v) is 3.74. The highest BCUT2D eigenvalue weighted by atomic mass is 16.5. The number of aryl methyl sites for hydroxylation is 2. The van der Waals surface area contributed by atoms with Gasteiger partial charge >= 0.3 is 0 Å². The number of nitrogens with zero attached hydrogens (tertiary/aromatic N) is 5. The lowest BCUT2D eigenvalue weighted by Crippen LogP contribution is -2.19. The summed E-state index contributed by atoms with van der Waals surface area (Å²) in [7, 11) is 1.84. The van der Waals surface area contributed by atoms with Crippen LogP contribution < -0.4 is 10.3 Å². The summed E-state index contributed by atoms with van der Waals surface area (Å²) in [6.07, 6.45) is 3.14. The number of rotatable bonds is 4. The maximum absolute atomic E-state index is 13.4. The zero-order valence-corrected chi connectivity index (χ0v) is 18.1. The number of para-hydroxylation sites is 3. The van der Waals surface area contributed by atoms with E-state index >= 15 is 0 Å². The molecule has 3 aromatic heterocycles. The van der Waals surface area contributed by atoms with Gasteiger partial charge in [0.2, 0.25) is 5.88 Å². The van der Waals surface area contributed by atoms with Crippen LogP contribution in [0.5, 0.6) is 11.6 Å². The van der Waals surface area contributed by atoms with Crippen LogP contribution in [0.4, 0.5) is 0 Å². The molecule has 0 N–H and O–H groups in total. The van der Waals surface area contributed by atoms with Crippen molar-refractivity contribution < 1.29 is 4.74 Å². The van der Waals surface area contributed by atoms with Crippen molar-refractivity contribution in [3.8, 4) is 17.7 Å². The number of benzene rings is 2. The molecule has 7 nitrogen and oxygen atoms in total. The van der Waals surface area contributed by atoms with Gasteiger partial charge in [-0.1, -0.05) is 36.4 Å². The number of aromatic nitrogens is 4. The van der Waals surface area contributed by atoms with Crippen LogP contribution in [0.3, 0.4) is 0 Å². The van der Waals surface area contributed by atoms with Crippen LogP contribution >= 0.6 is 0 Å². The van der Waals surface area contributed by atoms with E-state index in [0.29, 0.717) is 17.2 Å². The third-order valence-corrected chi connectivity index (χ3v) is 5.47. The summed E-state index contributed by atoms with van der Waals surface area (Å²) in [5.41, 5.74) is 3.07. The highest BCUT2D eigenvalue weighted by Gasteiger charge is 2.18. The Morgan fingerprint density at radius 2 is 1.79 bits per heavy atom. The number of pyridine rings is 1. The molecule has 2 aromatic carbocycles. The maximum atomic E-state index is 13.4.